The fourth-order valence-corrected chi connectivity index (χ4v) is 3.62. The van der Waals surface area contributed by atoms with E-state index in [0.717, 1.165) is 33.4 Å². The van der Waals surface area contributed by atoms with Crippen LogP contribution in [-0.4, -0.2) is 30.1 Å². The van der Waals surface area contributed by atoms with Crippen molar-refractivity contribution in [2.24, 2.45) is 5.14 Å². The second-order valence-corrected chi connectivity index (χ2v) is 8.23. The number of benzene rings is 2. The van der Waals surface area contributed by atoms with Crippen molar-refractivity contribution in [3.8, 4) is 11.1 Å². The Morgan fingerprint density at radius 3 is 2.52 bits per heavy atom. The van der Waals surface area contributed by atoms with Crippen molar-refractivity contribution in [2.45, 2.75) is 11.3 Å². The van der Waals surface area contributed by atoms with E-state index in [-0.39, 0.29) is 4.90 Å². The van der Waals surface area contributed by atoms with E-state index >= 15 is 0 Å². The quantitative estimate of drug-likeness (QED) is 0.386. The van der Waals surface area contributed by atoms with E-state index in [2.05, 4.69) is 20.5 Å². The van der Waals surface area contributed by atoms with Crippen molar-refractivity contribution < 1.29 is 8.42 Å². The van der Waals surface area contributed by atoms with Gasteiger partial charge in [0, 0.05) is 18.1 Å². The van der Waals surface area contributed by atoms with E-state index in [4.69, 9.17) is 10.9 Å². The summed E-state index contributed by atoms with van der Waals surface area (Å²) in [5, 5.41) is 16.2. The highest BCUT2D eigenvalue weighted by atomic mass is 32.2. The van der Waals surface area contributed by atoms with Gasteiger partial charge in [-0.25, -0.2) is 18.5 Å². The van der Waals surface area contributed by atoms with Gasteiger partial charge >= 0.3 is 0 Å². The number of hydrogen-bond acceptors (Lipinski definition) is 6. The Balaban J connectivity index is 1.44. The van der Waals surface area contributed by atoms with Crippen LogP contribution in [0.3, 0.4) is 0 Å². The number of nitrogens with one attached hydrogen (secondary N) is 2. The van der Waals surface area contributed by atoms with E-state index in [0.29, 0.717) is 18.8 Å². The molecule has 0 spiro atoms. The zero-order valence-corrected chi connectivity index (χ0v) is 16.3. The van der Waals surface area contributed by atoms with Crippen LogP contribution in [0.1, 0.15) is 5.56 Å². The van der Waals surface area contributed by atoms with Gasteiger partial charge in [0.05, 0.1) is 10.4 Å². The van der Waals surface area contributed by atoms with Gasteiger partial charge in [-0.05, 0) is 59.5 Å². The SMILES string of the molecule is Nc1n[nH]c2ccc(-c3ccnc(NCCc4ccc(S(N)(=O)=O)cc4)c3)cc12. The van der Waals surface area contributed by atoms with Crippen LogP contribution >= 0.6 is 0 Å². The standard InChI is InChI=1S/C20H20N6O2S/c21-20-17-11-14(3-6-18(17)25-26-20)15-8-10-24-19(12-15)23-9-7-13-1-4-16(5-2-13)29(22,27)28/h1-6,8,10-12H,7,9H2,(H,23,24)(H3,21,25,26)(H2,22,27,28). The van der Waals surface area contributed by atoms with Gasteiger partial charge in [0.1, 0.15) is 5.82 Å². The van der Waals surface area contributed by atoms with Crippen LogP contribution < -0.4 is 16.2 Å². The van der Waals surface area contributed by atoms with Crippen LogP contribution in [0.5, 0.6) is 0 Å². The highest BCUT2D eigenvalue weighted by molar-refractivity contribution is 7.89. The fourth-order valence-electron chi connectivity index (χ4n) is 3.10. The highest BCUT2D eigenvalue weighted by Gasteiger charge is 2.08. The van der Waals surface area contributed by atoms with Gasteiger partial charge in [-0.3, -0.25) is 5.10 Å². The molecule has 0 fully saturated rings. The summed E-state index contributed by atoms with van der Waals surface area (Å²) in [7, 11) is -3.67. The van der Waals surface area contributed by atoms with Crippen molar-refractivity contribution in [3.63, 3.8) is 0 Å². The zero-order chi connectivity index (χ0) is 20.4. The minimum atomic E-state index is -3.67. The first-order valence-corrected chi connectivity index (χ1v) is 10.5. The number of aromatic amines is 1. The molecule has 0 saturated carbocycles. The second kappa shape index (κ2) is 7.53. The van der Waals surface area contributed by atoms with E-state index < -0.39 is 10.0 Å². The summed E-state index contributed by atoms with van der Waals surface area (Å²) in [5.41, 5.74) is 9.84. The molecule has 0 aliphatic carbocycles. The Kier molecular flexibility index (Phi) is 4.91. The van der Waals surface area contributed by atoms with Crippen molar-refractivity contribution in [2.75, 3.05) is 17.6 Å². The molecule has 0 aliphatic heterocycles. The maximum Gasteiger partial charge on any atom is 0.238 e. The zero-order valence-electron chi connectivity index (χ0n) is 15.5. The summed E-state index contributed by atoms with van der Waals surface area (Å²) in [5.74, 6) is 1.23. The molecule has 0 amide bonds. The van der Waals surface area contributed by atoms with Gasteiger partial charge in [-0.1, -0.05) is 18.2 Å². The van der Waals surface area contributed by atoms with Gasteiger partial charge < -0.3 is 11.1 Å². The summed E-state index contributed by atoms with van der Waals surface area (Å²) in [6.45, 7) is 0.652. The van der Waals surface area contributed by atoms with Crippen LogP contribution in [0.2, 0.25) is 0 Å². The van der Waals surface area contributed by atoms with Crippen LogP contribution in [0, 0.1) is 0 Å². The topological polar surface area (TPSA) is 140 Å². The lowest BCUT2D eigenvalue weighted by Gasteiger charge is -2.08. The number of hydrogen-bond donors (Lipinski definition) is 4. The lowest BCUT2D eigenvalue weighted by molar-refractivity contribution is 0.598. The minimum Gasteiger partial charge on any atom is -0.382 e. The summed E-state index contributed by atoms with van der Waals surface area (Å²) >= 11 is 0. The summed E-state index contributed by atoms with van der Waals surface area (Å²) in [6.07, 6.45) is 2.47. The number of nitrogen functional groups attached to an aromatic ring is 1. The number of sulfonamides is 1. The number of anilines is 2. The molecule has 2 aromatic carbocycles. The molecule has 0 bridgehead atoms. The third kappa shape index (κ3) is 4.20. The fraction of sp³-hybridized carbons (Fsp3) is 0.100. The lowest BCUT2D eigenvalue weighted by Crippen LogP contribution is -2.12. The molecule has 9 heteroatoms. The minimum absolute atomic E-state index is 0.110. The molecule has 2 aromatic heterocycles. The molecule has 6 N–H and O–H groups in total. The molecular formula is C20H20N6O2S. The molecule has 2 heterocycles. The van der Waals surface area contributed by atoms with Crippen molar-refractivity contribution >= 4 is 32.6 Å². The Morgan fingerprint density at radius 1 is 1.00 bits per heavy atom. The predicted molar refractivity (Wildman–Crippen MR) is 114 cm³/mol. The predicted octanol–water partition coefficient (Wildman–Crippen LogP) is 2.51. The lowest BCUT2D eigenvalue weighted by atomic mass is 10.0. The molecule has 0 radical (unpaired) electrons. The van der Waals surface area contributed by atoms with Gasteiger partial charge in [0.15, 0.2) is 5.82 Å². The Labute approximate surface area is 168 Å². The highest BCUT2D eigenvalue weighted by Crippen LogP contribution is 2.27. The number of fused-ring (bicyclic) bond motifs is 1. The van der Waals surface area contributed by atoms with E-state index in [9.17, 15) is 8.42 Å². The monoisotopic (exact) mass is 408 g/mol. The maximum absolute atomic E-state index is 11.3. The van der Waals surface area contributed by atoms with Gasteiger partial charge in [-0.2, -0.15) is 5.10 Å². The third-order valence-electron chi connectivity index (χ3n) is 4.66. The van der Waals surface area contributed by atoms with Crippen molar-refractivity contribution in [1.29, 1.82) is 0 Å². The Morgan fingerprint density at radius 2 is 1.76 bits per heavy atom. The summed E-state index contributed by atoms with van der Waals surface area (Å²) in [4.78, 5) is 4.47. The van der Waals surface area contributed by atoms with Crippen molar-refractivity contribution in [1.82, 2.24) is 15.2 Å². The molecule has 0 unspecified atom stereocenters. The first kappa shape index (κ1) is 18.9. The van der Waals surface area contributed by atoms with E-state index in [1.165, 1.54) is 12.1 Å². The van der Waals surface area contributed by atoms with Crippen LogP contribution in [-0.2, 0) is 16.4 Å². The number of rotatable bonds is 6. The van der Waals surface area contributed by atoms with Gasteiger partial charge in [0.2, 0.25) is 10.0 Å². The number of pyridine rings is 1. The van der Waals surface area contributed by atoms with Crippen molar-refractivity contribution in [3.05, 3.63) is 66.4 Å². The number of primary sulfonamides is 1. The molecule has 0 aliphatic rings. The summed E-state index contributed by atoms with van der Waals surface area (Å²) < 4.78 is 22.6. The third-order valence-corrected chi connectivity index (χ3v) is 5.59. The number of H-pyrrole nitrogens is 1. The van der Waals surface area contributed by atoms with Crippen LogP contribution in [0.25, 0.3) is 22.0 Å². The molecule has 4 aromatic rings. The van der Waals surface area contributed by atoms with Gasteiger partial charge in [0.25, 0.3) is 0 Å². The number of nitrogens with zero attached hydrogens (tertiary/aromatic N) is 2. The molecule has 29 heavy (non-hydrogen) atoms. The smallest absolute Gasteiger partial charge is 0.238 e. The summed E-state index contributed by atoms with van der Waals surface area (Å²) in [6, 6.07) is 16.4. The second-order valence-electron chi connectivity index (χ2n) is 6.66. The molecule has 8 nitrogen and oxygen atoms in total. The Bertz CT molecular complexity index is 1270. The number of nitrogens with two attached hydrogens (primary N) is 2. The molecule has 4 rings (SSSR count). The molecule has 148 valence electrons. The van der Waals surface area contributed by atoms with E-state index in [1.54, 1.807) is 18.3 Å². The normalized spacial score (nSPS) is 11.6. The van der Waals surface area contributed by atoms with E-state index in [1.807, 2.05) is 30.3 Å². The van der Waals surface area contributed by atoms with Gasteiger partial charge in [-0.15, -0.1) is 0 Å². The molecule has 0 saturated heterocycles. The van der Waals surface area contributed by atoms with Crippen LogP contribution in [0.4, 0.5) is 11.6 Å². The first-order chi connectivity index (χ1) is 13.9. The average molecular weight is 408 g/mol. The first-order valence-electron chi connectivity index (χ1n) is 8.96. The Hall–Kier alpha value is -3.43. The average Bonchev–Trinajstić information content (AvgIpc) is 3.08. The van der Waals surface area contributed by atoms with Crippen LogP contribution in [0.15, 0.2) is 65.7 Å². The molecule has 0 atom stereocenters. The number of aromatic nitrogens is 3. The molecular weight excluding hydrogens is 388 g/mol. The maximum atomic E-state index is 11.3. The largest absolute Gasteiger partial charge is 0.382 e.